The third-order valence-corrected chi connectivity index (χ3v) is 9.30. The Labute approximate surface area is 299 Å². The van der Waals surface area contributed by atoms with Crippen LogP contribution in [-0.2, 0) is 23.8 Å². The van der Waals surface area contributed by atoms with Gasteiger partial charge < -0.3 is 14.2 Å². The summed E-state index contributed by atoms with van der Waals surface area (Å²) in [6.45, 7) is 7.75. The number of rotatable bonds is 39. The van der Waals surface area contributed by atoms with E-state index in [0.717, 1.165) is 38.5 Å². The predicted molar refractivity (Wildman–Crippen MR) is 206 cm³/mol. The number of carbonyl (C=O) groups excluding carboxylic acids is 2. The number of hydrogen-bond acceptors (Lipinski definition) is 5. The second kappa shape index (κ2) is 40.1. The fourth-order valence-corrected chi connectivity index (χ4v) is 6.09. The molecule has 0 aliphatic rings. The van der Waals surface area contributed by atoms with Crippen molar-refractivity contribution in [1.82, 2.24) is 0 Å². The Bertz CT molecular complexity index is 691. The third-order valence-electron chi connectivity index (χ3n) is 9.30. The van der Waals surface area contributed by atoms with E-state index in [0.29, 0.717) is 26.1 Å². The molecule has 0 fully saturated rings. The van der Waals surface area contributed by atoms with Crippen LogP contribution in [-0.4, -0.2) is 37.9 Å². The van der Waals surface area contributed by atoms with Crippen molar-refractivity contribution in [3.8, 4) is 0 Å². The first-order chi connectivity index (χ1) is 23.6. The fraction of sp³-hybridized carbons (Fsp3) is 0.907. The first kappa shape index (κ1) is 46.6. The van der Waals surface area contributed by atoms with Gasteiger partial charge in [0.05, 0.1) is 6.61 Å². The molecule has 0 radical (unpaired) electrons. The normalized spacial score (nSPS) is 12.1. The minimum Gasteiger partial charge on any atom is -0.462 e. The third kappa shape index (κ3) is 37.5. The molecule has 0 saturated heterocycles. The summed E-state index contributed by atoms with van der Waals surface area (Å²) < 4.78 is 17.1. The summed E-state index contributed by atoms with van der Waals surface area (Å²) >= 11 is 0. The predicted octanol–water partition coefficient (Wildman–Crippen LogP) is 13.6. The van der Waals surface area contributed by atoms with Crippen LogP contribution in [0.3, 0.4) is 0 Å². The molecule has 0 saturated carbocycles. The van der Waals surface area contributed by atoms with Crippen LogP contribution in [0.15, 0.2) is 12.2 Å². The summed E-state index contributed by atoms with van der Waals surface area (Å²) in [6.07, 6.45) is 42.3. The van der Waals surface area contributed by atoms with Crippen molar-refractivity contribution in [2.75, 3.05) is 19.8 Å². The second-order valence-corrected chi connectivity index (χ2v) is 14.3. The smallest absolute Gasteiger partial charge is 0.306 e. The highest BCUT2D eigenvalue weighted by Gasteiger charge is 2.17. The molecule has 0 aliphatic carbocycles. The number of unbranched alkanes of at least 4 members (excludes halogenated alkanes) is 26. The fourth-order valence-electron chi connectivity index (χ4n) is 6.09. The van der Waals surface area contributed by atoms with Gasteiger partial charge in [-0.25, -0.2) is 0 Å². The molecule has 0 bridgehead atoms. The van der Waals surface area contributed by atoms with Gasteiger partial charge in [-0.15, -0.1) is 0 Å². The van der Waals surface area contributed by atoms with Gasteiger partial charge in [-0.1, -0.05) is 181 Å². The summed E-state index contributed by atoms with van der Waals surface area (Å²) in [5.41, 5.74) is 0. The van der Waals surface area contributed by atoms with E-state index in [-0.39, 0.29) is 18.5 Å². The summed E-state index contributed by atoms with van der Waals surface area (Å²) in [7, 11) is 0. The number of ether oxygens (including phenoxy) is 3. The molecule has 0 N–H and O–H groups in total. The van der Waals surface area contributed by atoms with Crippen LogP contribution in [0.5, 0.6) is 0 Å². The van der Waals surface area contributed by atoms with Crippen molar-refractivity contribution in [3.05, 3.63) is 12.2 Å². The van der Waals surface area contributed by atoms with E-state index in [1.807, 2.05) is 0 Å². The topological polar surface area (TPSA) is 61.8 Å². The number of hydrogen-bond donors (Lipinski definition) is 0. The Hall–Kier alpha value is -1.36. The van der Waals surface area contributed by atoms with Crippen LogP contribution in [0.1, 0.15) is 226 Å². The lowest BCUT2D eigenvalue weighted by Gasteiger charge is -2.18. The molecule has 0 aromatic carbocycles. The van der Waals surface area contributed by atoms with E-state index < -0.39 is 6.10 Å². The van der Waals surface area contributed by atoms with Crippen LogP contribution in [0.2, 0.25) is 0 Å². The number of carbonyl (C=O) groups is 2. The van der Waals surface area contributed by atoms with Gasteiger partial charge >= 0.3 is 11.9 Å². The maximum atomic E-state index is 12.5. The second-order valence-electron chi connectivity index (χ2n) is 14.3. The van der Waals surface area contributed by atoms with Crippen molar-refractivity contribution < 1.29 is 23.8 Å². The summed E-state index contributed by atoms with van der Waals surface area (Å²) in [4.78, 5) is 24.9. The molecule has 0 aliphatic heterocycles. The summed E-state index contributed by atoms with van der Waals surface area (Å²) in [6, 6.07) is 0. The van der Waals surface area contributed by atoms with E-state index in [2.05, 4.69) is 32.9 Å². The molecule has 5 nitrogen and oxygen atoms in total. The lowest BCUT2D eigenvalue weighted by Crippen LogP contribution is -2.30. The van der Waals surface area contributed by atoms with E-state index in [1.54, 1.807) is 0 Å². The molecule has 5 heteroatoms. The SMILES string of the molecule is CCCCCCCC/C=C\CCCCCCCCCCCC(=O)OCC(COCCCCCCCCCC)OC(=O)CCCCCCC. The molecule has 0 amide bonds. The van der Waals surface area contributed by atoms with E-state index in [9.17, 15) is 9.59 Å². The average molecular weight is 679 g/mol. The molecule has 1 atom stereocenters. The Balaban J connectivity index is 3.94. The Morgan fingerprint density at radius 1 is 0.438 bits per heavy atom. The van der Waals surface area contributed by atoms with Gasteiger partial charge in [-0.3, -0.25) is 9.59 Å². The van der Waals surface area contributed by atoms with Crippen molar-refractivity contribution in [3.63, 3.8) is 0 Å². The maximum absolute atomic E-state index is 12.5. The van der Waals surface area contributed by atoms with Gasteiger partial charge in [0, 0.05) is 19.4 Å². The van der Waals surface area contributed by atoms with E-state index in [4.69, 9.17) is 14.2 Å². The first-order valence-corrected chi connectivity index (χ1v) is 21.2. The number of allylic oxidation sites excluding steroid dienone is 2. The van der Waals surface area contributed by atoms with Crippen LogP contribution >= 0.6 is 0 Å². The standard InChI is InChI=1S/C43H82O5/c1-4-7-10-13-15-17-18-19-20-21-22-23-24-25-26-27-28-31-33-36-42(44)47-40-41(48-43(45)37-34-30-12-9-6-3)39-46-38-35-32-29-16-14-11-8-5-2/h19-20,41H,4-18,21-40H2,1-3H3/b20-19-. The minimum absolute atomic E-state index is 0.0900. The lowest BCUT2D eigenvalue weighted by atomic mass is 10.1. The van der Waals surface area contributed by atoms with Crippen molar-refractivity contribution >= 4 is 11.9 Å². The van der Waals surface area contributed by atoms with Gasteiger partial charge in [0.2, 0.25) is 0 Å². The molecule has 0 aromatic rings. The zero-order chi connectivity index (χ0) is 35.0. The molecule has 0 heterocycles. The Morgan fingerprint density at radius 2 is 0.812 bits per heavy atom. The van der Waals surface area contributed by atoms with Gasteiger partial charge in [0.15, 0.2) is 6.10 Å². The summed E-state index contributed by atoms with van der Waals surface area (Å²) in [5, 5.41) is 0. The monoisotopic (exact) mass is 679 g/mol. The largest absolute Gasteiger partial charge is 0.462 e. The van der Waals surface area contributed by atoms with Gasteiger partial charge in [-0.05, 0) is 44.9 Å². The lowest BCUT2D eigenvalue weighted by molar-refractivity contribution is -0.163. The van der Waals surface area contributed by atoms with E-state index in [1.165, 1.54) is 154 Å². The molecule has 0 rings (SSSR count). The minimum atomic E-state index is -0.521. The Morgan fingerprint density at radius 3 is 1.27 bits per heavy atom. The summed E-state index contributed by atoms with van der Waals surface area (Å²) in [5.74, 6) is -0.404. The van der Waals surface area contributed by atoms with Crippen LogP contribution in [0.25, 0.3) is 0 Å². The molecule has 0 spiro atoms. The highest BCUT2D eigenvalue weighted by molar-refractivity contribution is 5.70. The van der Waals surface area contributed by atoms with Crippen LogP contribution < -0.4 is 0 Å². The van der Waals surface area contributed by atoms with Gasteiger partial charge in [-0.2, -0.15) is 0 Å². The molecule has 48 heavy (non-hydrogen) atoms. The molecular formula is C43H82O5. The van der Waals surface area contributed by atoms with E-state index >= 15 is 0 Å². The molecule has 284 valence electrons. The molecule has 1 unspecified atom stereocenters. The highest BCUT2D eigenvalue weighted by atomic mass is 16.6. The van der Waals surface area contributed by atoms with Crippen LogP contribution in [0, 0.1) is 0 Å². The maximum Gasteiger partial charge on any atom is 0.306 e. The molecule has 0 aromatic heterocycles. The highest BCUT2D eigenvalue weighted by Crippen LogP contribution is 2.14. The first-order valence-electron chi connectivity index (χ1n) is 21.2. The zero-order valence-electron chi connectivity index (χ0n) is 32.5. The van der Waals surface area contributed by atoms with Crippen molar-refractivity contribution in [2.24, 2.45) is 0 Å². The molecular weight excluding hydrogens is 596 g/mol. The van der Waals surface area contributed by atoms with Crippen molar-refractivity contribution in [2.45, 2.75) is 232 Å². The van der Waals surface area contributed by atoms with Gasteiger partial charge in [0.1, 0.15) is 6.61 Å². The van der Waals surface area contributed by atoms with Gasteiger partial charge in [0.25, 0.3) is 0 Å². The Kier molecular flexibility index (Phi) is 38.9. The van der Waals surface area contributed by atoms with Crippen LogP contribution in [0.4, 0.5) is 0 Å². The number of esters is 2. The quantitative estimate of drug-likeness (QED) is 0.0368. The zero-order valence-corrected chi connectivity index (χ0v) is 32.5. The average Bonchev–Trinajstić information content (AvgIpc) is 3.08. The van der Waals surface area contributed by atoms with Crippen molar-refractivity contribution in [1.29, 1.82) is 0 Å².